The Morgan fingerprint density at radius 3 is 2.56 bits per heavy atom. The van der Waals surface area contributed by atoms with E-state index in [9.17, 15) is 0 Å². The highest BCUT2D eigenvalue weighted by atomic mass is 35.5. The first kappa shape index (κ1) is 13.4. The standard InChI is InChI=1S/C11H16ClN3S/c1-9-7-10(12)5-6-11(9)13-8-15(4)16-14(2)3/h5-8H,1-4H3. The lowest BCUT2D eigenvalue weighted by Gasteiger charge is -2.15. The van der Waals surface area contributed by atoms with Gasteiger partial charge in [-0.05, 0) is 44.8 Å². The first-order chi connectivity index (χ1) is 7.49. The van der Waals surface area contributed by atoms with Gasteiger partial charge in [-0.15, -0.1) is 0 Å². The van der Waals surface area contributed by atoms with Crippen molar-refractivity contribution in [1.29, 1.82) is 0 Å². The van der Waals surface area contributed by atoms with E-state index in [0.717, 1.165) is 16.3 Å². The van der Waals surface area contributed by atoms with Crippen LogP contribution < -0.4 is 0 Å². The van der Waals surface area contributed by atoms with Crippen LogP contribution in [-0.4, -0.2) is 36.1 Å². The third-order valence-electron chi connectivity index (χ3n) is 1.81. The molecule has 0 bridgehead atoms. The predicted octanol–water partition coefficient (Wildman–Crippen LogP) is 3.36. The van der Waals surface area contributed by atoms with Crippen LogP contribution in [0.1, 0.15) is 5.56 Å². The summed E-state index contributed by atoms with van der Waals surface area (Å²) in [6.45, 7) is 2.00. The number of halogens is 1. The fraction of sp³-hybridized carbons (Fsp3) is 0.364. The summed E-state index contributed by atoms with van der Waals surface area (Å²) < 4.78 is 3.94. The van der Waals surface area contributed by atoms with Gasteiger partial charge < -0.3 is 0 Å². The first-order valence-electron chi connectivity index (χ1n) is 4.87. The molecule has 16 heavy (non-hydrogen) atoms. The zero-order chi connectivity index (χ0) is 12.1. The zero-order valence-corrected chi connectivity index (χ0v) is 11.5. The average molecular weight is 258 g/mol. The maximum atomic E-state index is 5.88. The summed E-state index contributed by atoms with van der Waals surface area (Å²) in [6.07, 6.45) is 1.79. The number of benzene rings is 1. The maximum Gasteiger partial charge on any atom is 0.102 e. The highest BCUT2D eigenvalue weighted by molar-refractivity contribution is 7.95. The van der Waals surface area contributed by atoms with E-state index in [1.54, 1.807) is 18.5 Å². The lowest BCUT2D eigenvalue weighted by atomic mass is 10.2. The van der Waals surface area contributed by atoms with E-state index < -0.39 is 0 Å². The molecule has 3 nitrogen and oxygen atoms in total. The Bertz CT molecular complexity index is 379. The van der Waals surface area contributed by atoms with Crippen LogP contribution in [0.25, 0.3) is 0 Å². The molecule has 1 aromatic rings. The molecule has 0 N–H and O–H groups in total. The molecule has 1 rings (SSSR count). The molecule has 0 aliphatic carbocycles. The molecule has 0 amide bonds. The van der Waals surface area contributed by atoms with Crippen LogP contribution in [0.5, 0.6) is 0 Å². The minimum absolute atomic E-state index is 0.743. The Morgan fingerprint density at radius 1 is 1.31 bits per heavy atom. The summed E-state index contributed by atoms with van der Waals surface area (Å²) >= 11 is 7.45. The fourth-order valence-corrected chi connectivity index (χ4v) is 2.02. The minimum Gasteiger partial charge on any atom is -0.297 e. The molecule has 5 heteroatoms. The molecular weight excluding hydrogens is 242 g/mol. The van der Waals surface area contributed by atoms with E-state index in [1.807, 2.05) is 54.9 Å². The first-order valence-corrected chi connectivity index (χ1v) is 5.98. The highest BCUT2D eigenvalue weighted by Gasteiger charge is 1.98. The molecule has 0 heterocycles. The number of rotatable bonds is 4. The van der Waals surface area contributed by atoms with Gasteiger partial charge in [-0.2, -0.15) is 0 Å². The van der Waals surface area contributed by atoms with E-state index in [2.05, 4.69) is 4.99 Å². The van der Waals surface area contributed by atoms with Crippen molar-refractivity contribution in [3.8, 4) is 0 Å². The van der Waals surface area contributed by atoms with Gasteiger partial charge in [-0.25, -0.2) is 9.30 Å². The Hall–Kier alpha value is -0.710. The lowest BCUT2D eigenvalue weighted by molar-refractivity contribution is 0.667. The molecule has 0 aromatic heterocycles. The Balaban J connectivity index is 2.69. The van der Waals surface area contributed by atoms with Crippen molar-refractivity contribution in [2.75, 3.05) is 21.1 Å². The van der Waals surface area contributed by atoms with Crippen LogP contribution in [0, 0.1) is 6.92 Å². The summed E-state index contributed by atoms with van der Waals surface area (Å²) in [4.78, 5) is 4.39. The summed E-state index contributed by atoms with van der Waals surface area (Å²) in [5, 5.41) is 0.743. The lowest BCUT2D eigenvalue weighted by Crippen LogP contribution is -2.13. The second-order valence-electron chi connectivity index (χ2n) is 3.62. The summed E-state index contributed by atoms with van der Waals surface area (Å²) in [7, 11) is 5.94. The van der Waals surface area contributed by atoms with Gasteiger partial charge in [0, 0.05) is 24.2 Å². The highest BCUT2D eigenvalue weighted by Crippen LogP contribution is 2.22. The topological polar surface area (TPSA) is 18.8 Å². The van der Waals surface area contributed by atoms with Gasteiger partial charge in [0.05, 0.1) is 5.69 Å². The average Bonchev–Trinajstić information content (AvgIpc) is 2.15. The van der Waals surface area contributed by atoms with Crippen molar-refractivity contribution in [3.05, 3.63) is 28.8 Å². The quantitative estimate of drug-likeness (QED) is 0.468. The van der Waals surface area contributed by atoms with Crippen LogP contribution in [0.3, 0.4) is 0 Å². The fourth-order valence-electron chi connectivity index (χ4n) is 1.19. The molecule has 0 fully saturated rings. The molecule has 0 saturated heterocycles. The zero-order valence-electron chi connectivity index (χ0n) is 9.94. The Kier molecular flexibility index (Phi) is 5.12. The summed E-state index contributed by atoms with van der Waals surface area (Å²) in [5.74, 6) is 0. The molecule has 0 aliphatic rings. The van der Waals surface area contributed by atoms with E-state index in [-0.39, 0.29) is 0 Å². The molecule has 0 saturated carbocycles. The van der Waals surface area contributed by atoms with Gasteiger partial charge in [0.15, 0.2) is 0 Å². The SMILES string of the molecule is Cc1cc(Cl)ccc1N=CN(C)SN(C)C. The monoisotopic (exact) mass is 257 g/mol. The number of hydrogen-bond donors (Lipinski definition) is 0. The second kappa shape index (κ2) is 6.13. The summed E-state index contributed by atoms with van der Waals surface area (Å²) in [5.41, 5.74) is 2.02. The van der Waals surface area contributed by atoms with E-state index in [1.165, 1.54) is 0 Å². The van der Waals surface area contributed by atoms with Crippen molar-refractivity contribution >= 4 is 35.8 Å². The third kappa shape index (κ3) is 4.43. The molecule has 1 aromatic carbocycles. The molecule has 0 unspecified atom stereocenters. The Morgan fingerprint density at radius 2 is 2.00 bits per heavy atom. The van der Waals surface area contributed by atoms with Gasteiger partial charge >= 0.3 is 0 Å². The van der Waals surface area contributed by atoms with Crippen LogP contribution in [0.15, 0.2) is 23.2 Å². The molecule has 0 radical (unpaired) electrons. The Labute approximate surface area is 106 Å². The van der Waals surface area contributed by atoms with Crippen molar-refractivity contribution in [2.45, 2.75) is 6.92 Å². The largest absolute Gasteiger partial charge is 0.297 e. The van der Waals surface area contributed by atoms with Crippen molar-refractivity contribution in [3.63, 3.8) is 0 Å². The van der Waals surface area contributed by atoms with Crippen LogP contribution in [0.4, 0.5) is 5.69 Å². The van der Waals surface area contributed by atoms with Gasteiger partial charge in [0.25, 0.3) is 0 Å². The molecule has 0 atom stereocenters. The number of aryl methyl sites for hydroxylation is 1. The maximum absolute atomic E-state index is 5.88. The van der Waals surface area contributed by atoms with E-state index in [0.29, 0.717) is 0 Å². The van der Waals surface area contributed by atoms with Gasteiger partial charge in [0.1, 0.15) is 6.34 Å². The van der Waals surface area contributed by atoms with Gasteiger partial charge in [-0.3, -0.25) is 4.31 Å². The van der Waals surface area contributed by atoms with Crippen molar-refractivity contribution < 1.29 is 0 Å². The predicted molar refractivity (Wildman–Crippen MR) is 73.4 cm³/mol. The second-order valence-corrected chi connectivity index (χ2v) is 5.52. The third-order valence-corrected chi connectivity index (χ3v) is 2.72. The minimum atomic E-state index is 0.743. The van der Waals surface area contributed by atoms with Gasteiger partial charge in [-0.1, -0.05) is 11.6 Å². The van der Waals surface area contributed by atoms with Crippen molar-refractivity contribution in [1.82, 2.24) is 8.61 Å². The van der Waals surface area contributed by atoms with E-state index >= 15 is 0 Å². The van der Waals surface area contributed by atoms with Crippen LogP contribution in [0.2, 0.25) is 5.02 Å². The normalized spacial score (nSPS) is 11.4. The van der Waals surface area contributed by atoms with Crippen LogP contribution in [-0.2, 0) is 0 Å². The molecular formula is C11H16ClN3S. The van der Waals surface area contributed by atoms with E-state index in [4.69, 9.17) is 11.6 Å². The number of nitrogens with zero attached hydrogens (tertiary/aromatic N) is 3. The number of aliphatic imine (C=N–C) groups is 1. The van der Waals surface area contributed by atoms with Crippen molar-refractivity contribution in [2.24, 2.45) is 4.99 Å². The molecule has 88 valence electrons. The summed E-state index contributed by atoms with van der Waals surface area (Å²) in [6, 6.07) is 5.68. The van der Waals surface area contributed by atoms with Gasteiger partial charge in [0.2, 0.25) is 0 Å². The molecule has 0 aliphatic heterocycles. The number of hydrogen-bond acceptors (Lipinski definition) is 3. The smallest absolute Gasteiger partial charge is 0.102 e. The van der Waals surface area contributed by atoms with Crippen LogP contribution >= 0.6 is 23.7 Å². The molecule has 0 spiro atoms.